The Morgan fingerprint density at radius 3 is 2.76 bits per heavy atom. The maximum atomic E-state index is 5.69. The molecule has 0 saturated heterocycles. The number of hydrogen-bond acceptors (Lipinski definition) is 5. The molecule has 1 aliphatic heterocycles. The van der Waals surface area contributed by atoms with Gasteiger partial charge < -0.3 is 20.3 Å². The molecule has 1 heterocycles. The molecular weight excluding hydrogens is 264 g/mol. The van der Waals surface area contributed by atoms with Gasteiger partial charge in [-0.2, -0.15) is 0 Å². The third-order valence-corrected chi connectivity index (χ3v) is 3.33. The fourth-order valence-corrected chi connectivity index (χ4v) is 2.07. The summed E-state index contributed by atoms with van der Waals surface area (Å²) in [6.45, 7) is 4.49. The zero-order valence-corrected chi connectivity index (χ0v) is 13.1. The summed E-state index contributed by atoms with van der Waals surface area (Å²) in [5, 5.41) is 6.60. The van der Waals surface area contributed by atoms with Crippen LogP contribution in [0.3, 0.4) is 0 Å². The summed E-state index contributed by atoms with van der Waals surface area (Å²) in [5.41, 5.74) is 1.30. The lowest BCUT2D eigenvalue weighted by molar-refractivity contribution is 0.261. The number of benzene rings is 1. The van der Waals surface area contributed by atoms with Crippen LogP contribution in [-0.4, -0.2) is 57.7 Å². The van der Waals surface area contributed by atoms with Gasteiger partial charge in [-0.15, -0.1) is 0 Å². The minimum atomic E-state index is 0.722. The average molecular weight is 290 g/mol. The van der Waals surface area contributed by atoms with Crippen molar-refractivity contribution in [2.24, 2.45) is 4.99 Å². The predicted molar refractivity (Wildman–Crippen MR) is 87.1 cm³/mol. The van der Waals surface area contributed by atoms with E-state index in [1.54, 1.807) is 0 Å². The SMILES string of the molecule is CN(C)CCOc1ccc(CCNC2=NCCCN2)cc1. The van der Waals surface area contributed by atoms with Gasteiger partial charge in [0.05, 0.1) is 0 Å². The van der Waals surface area contributed by atoms with Crippen molar-refractivity contribution < 1.29 is 4.74 Å². The molecule has 21 heavy (non-hydrogen) atoms. The summed E-state index contributed by atoms with van der Waals surface area (Å²) in [7, 11) is 4.09. The Bertz CT molecular complexity index is 442. The van der Waals surface area contributed by atoms with Crippen molar-refractivity contribution in [3.63, 3.8) is 0 Å². The molecule has 5 heteroatoms. The first kappa shape index (κ1) is 15.6. The molecule has 116 valence electrons. The molecule has 1 aliphatic rings. The first-order valence-corrected chi connectivity index (χ1v) is 7.63. The highest BCUT2D eigenvalue weighted by Crippen LogP contribution is 2.12. The minimum absolute atomic E-state index is 0.722. The van der Waals surface area contributed by atoms with Gasteiger partial charge in [-0.3, -0.25) is 4.99 Å². The number of nitrogens with one attached hydrogen (secondary N) is 2. The molecule has 1 aromatic rings. The van der Waals surface area contributed by atoms with Gasteiger partial charge in [0.15, 0.2) is 5.96 Å². The molecule has 0 radical (unpaired) electrons. The monoisotopic (exact) mass is 290 g/mol. The number of hydrogen-bond donors (Lipinski definition) is 2. The van der Waals surface area contributed by atoms with Crippen molar-refractivity contribution in [3.8, 4) is 5.75 Å². The molecule has 1 aromatic carbocycles. The number of guanidine groups is 1. The fourth-order valence-electron chi connectivity index (χ4n) is 2.07. The van der Waals surface area contributed by atoms with Crippen LogP contribution in [0.4, 0.5) is 0 Å². The van der Waals surface area contributed by atoms with Gasteiger partial charge in [0.2, 0.25) is 0 Å². The molecule has 0 spiro atoms. The standard InChI is InChI=1S/C16H26N4O/c1-20(2)12-13-21-15-6-4-14(5-7-15)8-11-19-16-17-9-3-10-18-16/h4-7H,3,8-13H2,1-2H3,(H2,17,18,19). The van der Waals surface area contributed by atoms with Crippen molar-refractivity contribution >= 4 is 5.96 Å². The van der Waals surface area contributed by atoms with Crippen LogP contribution < -0.4 is 15.4 Å². The number of aliphatic imine (C=N–C) groups is 1. The second-order valence-corrected chi connectivity index (χ2v) is 5.48. The third kappa shape index (κ3) is 6.04. The number of rotatable bonds is 7. The smallest absolute Gasteiger partial charge is 0.191 e. The van der Waals surface area contributed by atoms with Crippen LogP contribution in [0.2, 0.25) is 0 Å². The molecule has 0 unspecified atom stereocenters. The van der Waals surface area contributed by atoms with Crippen molar-refractivity contribution in [2.45, 2.75) is 12.8 Å². The van der Waals surface area contributed by atoms with Gasteiger partial charge in [-0.1, -0.05) is 12.1 Å². The van der Waals surface area contributed by atoms with E-state index in [4.69, 9.17) is 4.74 Å². The molecule has 0 atom stereocenters. The molecule has 5 nitrogen and oxygen atoms in total. The Labute approximate surface area is 127 Å². The molecule has 2 rings (SSSR count). The first-order valence-electron chi connectivity index (χ1n) is 7.63. The van der Waals surface area contributed by atoms with Crippen LogP contribution in [0.5, 0.6) is 5.75 Å². The van der Waals surface area contributed by atoms with Crippen LogP contribution in [-0.2, 0) is 6.42 Å². The average Bonchev–Trinajstić information content (AvgIpc) is 2.50. The highest BCUT2D eigenvalue weighted by Gasteiger charge is 2.02. The van der Waals surface area contributed by atoms with E-state index in [9.17, 15) is 0 Å². The van der Waals surface area contributed by atoms with Crippen LogP contribution in [0, 0.1) is 0 Å². The Morgan fingerprint density at radius 2 is 2.10 bits per heavy atom. The largest absolute Gasteiger partial charge is 0.492 e. The minimum Gasteiger partial charge on any atom is -0.492 e. The van der Waals surface area contributed by atoms with Crippen LogP contribution in [0.15, 0.2) is 29.3 Å². The van der Waals surface area contributed by atoms with Gasteiger partial charge in [0.25, 0.3) is 0 Å². The van der Waals surface area contributed by atoms with E-state index in [1.165, 1.54) is 5.56 Å². The van der Waals surface area contributed by atoms with E-state index in [0.29, 0.717) is 0 Å². The lowest BCUT2D eigenvalue weighted by Gasteiger charge is -2.16. The third-order valence-electron chi connectivity index (χ3n) is 3.33. The molecule has 2 N–H and O–H groups in total. The van der Waals surface area contributed by atoms with Crippen LogP contribution in [0.1, 0.15) is 12.0 Å². The Balaban J connectivity index is 1.68. The topological polar surface area (TPSA) is 48.9 Å². The maximum absolute atomic E-state index is 5.69. The van der Waals surface area contributed by atoms with Gasteiger partial charge in [-0.25, -0.2) is 0 Å². The fraction of sp³-hybridized carbons (Fsp3) is 0.562. The Kier molecular flexibility index (Phi) is 6.34. The normalized spacial score (nSPS) is 14.5. The van der Waals surface area contributed by atoms with E-state index in [2.05, 4.69) is 32.7 Å². The molecule has 0 amide bonds. The second kappa shape index (κ2) is 8.52. The molecule has 0 saturated carbocycles. The molecule has 0 aliphatic carbocycles. The first-order chi connectivity index (χ1) is 10.2. The Hall–Kier alpha value is -1.75. The van der Waals surface area contributed by atoms with Gasteiger partial charge in [0.1, 0.15) is 12.4 Å². The van der Waals surface area contributed by atoms with E-state index in [-0.39, 0.29) is 0 Å². The van der Waals surface area contributed by atoms with Crippen molar-refractivity contribution in [1.29, 1.82) is 0 Å². The summed E-state index contributed by atoms with van der Waals surface area (Å²) in [6, 6.07) is 8.34. The van der Waals surface area contributed by atoms with Crippen molar-refractivity contribution in [3.05, 3.63) is 29.8 Å². The summed E-state index contributed by atoms with van der Waals surface area (Å²) in [5.74, 6) is 1.87. The molecule has 0 bridgehead atoms. The van der Waals surface area contributed by atoms with Crippen molar-refractivity contribution in [1.82, 2.24) is 15.5 Å². The number of likely N-dealkylation sites (N-methyl/N-ethyl adjacent to an activating group) is 1. The van der Waals surface area contributed by atoms with E-state index in [1.807, 2.05) is 26.2 Å². The second-order valence-electron chi connectivity index (χ2n) is 5.48. The number of nitrogens with zero attached hydrogens (tertiary/aromatic N) is 2. The molecule has 0 fully saturated rings. The summed E-state index contributed by atoms with van der Waals surface area (Å²) < 4.78 is 5.69. The molecule has 0 aromatic heterocycles. The Morgan fingerprint density at radius 1 is 1.29 bits per heavy atom. The summed E-state index contributed by atoms with van der Waals surface area (Å²) in [6.07, 6.45) is 2.11. The molecular formula is C16H26N4O. The van der Waals surface area contributed by atoms with Gasteiger partial charge in [-0.05, 0) is 44.6 Å². The van der Waals surface area contributed by atoms with E-state index < -0.39 is 0 Å². The lowest BCUT2D eigenvalue weighted by Crippen LogP contribution is -2.41. The maximum Gasteiger partial charge on any atom is 0.191 e. The quantitative estimate of drug-likeness (QED) is 0.790. The lowest BCUT2D eigenvalue weighted by atomic mass is 10.1. The van der Waals surface area contributed by atoms with Crippen molar-refractivity contribution in [2.75, 3.05) is 46.9 Å². The van der Waals surface area contributed by atoms with Gasteiger partial charge >= 0.3 is 0 Å². The highest BCUT2D eigenvalue weighted by molar-refractivity contribution is 5.80. The van der Waals surface area contributed by atoms with E-state index in [0.717, 1.165) is 57.3 Å². The van der Waals surface area contributed by atoms with Crippen LogP contribution >= 0.6 is 0 Å². The van der Waals surface area contributed by atoms with Crippen LogP contribution in [0.25, 0.3) is 0 Å². The number of ether oxygens (including phenoxy) is 1. The van der Waals surface area contributed by atoms with Gasteiger partial charge in [0, 0.05) is 26.2 Å². The zero-order valence-electron chi connectivity index (χ0n) is 13.1. The van der Waals surface area contributed by atoms with E-state index >= 15 is 0 Å². The highest BCUT2D eigenvalue weighted by atomic mass is 16.5. The summed E-state index contributed by atoms with van der Waals surface area (Å²) in [4.78, 5) is 6.51. The zero-order chi connectivity index (χ0) is 14.9. The predicted octanol–water partition coefficient (Wildman–Crippen LogP) is 1.11. The summed E-state index contributed by atoms with van der Waals surface area (Å²) >= 11 is 0.